The van der Waals surface area contributed by atoms with Crippen LogP contribution in [0.3, 0.4) is 0 Å². The molecule has 0 unspecified atom stereocenters. The van der Waals surface area contributed by atoms with Crippen LogP contribution in [0.2, 0.25) is 19.6 Å². The van der Waals surface area contributed by atoms with E-state index in [1.165, 1.54) is 6.92 Å². The zero-order valence-corrected chi connectivity index (χ0v) is 14.9. The first-order chi connectivity index (χ1) is 10.2. The van der Waals surface area contributed by atoms with Crippen LogP contribution in [-0.4, -0.2) is 14.0 Å². The Balaban J connectivity index is 2.66. The number of hydrogen-bond donors (Lipinski definition) is 0. The molecule has 22 heavy (non-hydrogen) atoms. The molecule has 1 atom stereocenters. The highest BCUT2D eigenvalue weighted by molar-refractivity contribution is 6.83. The van der Waals surface area contributed by atoms with E-state index in [0.29, 0.717) is 0 Å². The molecule has 0 aliphatic heterocycles. The highest BCUT2D eigenvalue weighted by atomic mass is 28.3. The third kappa shape index (κ3) is 3.78. The summed E-state index contributed by atoms with van der Waals surface area (Å²) >= 11 is 0. The molecule has 114 valence electrons. The fourth-order valence-corrected chi connectivity index (χ4v) is 3.00. The predicted octanol–water partition coefficient (Wildman–Crippen LogP) is 4.50. The number of hydrogen-bond acceptors (Lipinski definition) is 2. The second-order valence-electron chi connectivity index (χ2n) is 6.65. The minimum Gasteiger partial charge on any atom is -0.442 e. The number of fused-ring (bicyclic) bond motifs is 1. The van der Waals surface area contributed by atoms with E-state index in [4.69, 9.17) is 4.74 Å². The zero-order chi connectivity index (χ0) is 16.4. The molecule has 2 aromatic carbocycles. The lowest BCUT2D eigenvalue weighted by molar-refractivity contribution is -0.150. The van der Waals surface area contributed by atoms with Crippen LogP contribution < -0.4 is 0 Å². The Morgan fingerprint density at radius 2 is 1.73 bits per heavy atom. The van der Waals surface area contributed by atoms with Gasteiger partial charge < -0.3 is 4.74 Å². The molecule has 2 nitrogen and oxygen atoms in total. The Kier molecular flexibility index (Phi) is 4.44. The van der Waals surface area contributed by atoms with Crippen molar-refractivity contribution in [2.45, 2.75) is 39.1 Å². The average Bonchev–Trinajstić information content (AvgIpc) is 2.43. The maximum Gasteiger partial charge on any atom is 0.304 e. The number of carbonyl (C=O) groups excluding carboxylic acids is 1. The largest absolute Gasteiger partial charge is 0.442 e. The maximum absolute atomic E-state index is 11.6. The summed E-state index contributed by atoms with van der Waals surface area (Å²) < 4.78 is 5.64. The van der Waals surface area contributed by atoms with Crippen LogP contribution in [0.1, 0.15) is 19.4 Å². The van der Waals surface area contributed by atoms with Gasteiger partial charge in [-0.3, -0.25) is 4.79 Å². The fourth-order valence-electron chi connectivity index (χ4n) is 2.38. The third-order valence-electron chi connectivity index (χ3n) is 3.33. The standard InChI is InChI=1S/C19H22O2Si/c1-15(20)21-19(2,13-14-22(3,4)5)18-12-8-10-16-9-6-7-11-17(16)18/h6-12H,1-5H3/t19-/m1/s1. The summed E-state index contributed by atoms with van der Waals surface area (Å²) in [5.74, 6) is 2.93. The second kappa shape index (κ2) is 5.98. The van der Waals surface area contributed by atoms with E-state index in [-0.39, 0.29) is 5.97 Å². The molecule has 0 aliphatic carbocycles. The smallest absolute Gasteiger partial charge is 0.304 e. The average molecular weight is 310 g/mol. The summed E-state index contributed by atoms with van der Waals surface area (Å²) in [7, 11) is -1.57. The minimum absolute atomic E-state index is 0.319. The van der Waals surface area contributed by atoms with E-state index in [0.717, 1.165) is 16.3 Å². The van der Waals surface area contributed by atoms with Crippen LogP contribution in [0.5, 0.6) is 0 Å². The normalized spacial score (nSPS) is 13.9. The first kappa shape index (κ1) is 16.3. The quantitative estimate of drug-likeness (QED) is 0.464. The van der Waals surface area contributed by atoms with Gasteiger partial charge in [0.05, 0.1) is 0 Å². The number of rotatable bonds is 2. The lowest BCUT2D eigenvalue weighted by Crippen LogP contribution is -2.28. The van der Waals surface area contributed by atoms with Crippen molar-refractivity contribution in [3.63, 3.8) is 0 Å². The van der Waals surface area contributed by atoms with Gasteiger partial charge in [-0.25, -0.2) is 0 Å². The molecule has 0 fully saturated rings. The van der Waals surface area contributed by atoms with Gasteiger partial charge in [-0.15, -0.1) is 5.54 Å². The summed E-state index contributed by atoms with van der Waals surface area (Å²) in [4.78, 5) is 11.6. The van der Waals surface area contributed by atoms with E-state index in [1.54, 1.807) is 0 Å². The highest BCUT2D eigenvalue weighted by Gasteiger charge is 2.30. The van der Waals surface area contributed by atoms with Crippen LogP contribution in [0.25, 0.3) is 10.8 Å². The second-order valence-corrected chi connectivity index (χ2v) is 11.4. The van der Waals surface area contributed by atoms with Crippen molar-refractivity contribution in [2.24, 2.45) is 0 Å². The van der Waals surface area contributed by atoms with Crippen molar-refractivity contribution >= 4 is 24.8 Å². The van der Waals surface area contributed by atoms with Crippen molar-refractivity contribution in [1.82, 2.24) is 0 Å². The Morgan fingerprint density at radius 3 is 2.36 bits per heavy atom. The SMILES string of the molecule is CC(=O)O[C@](C)(C#C[Si](C)(C)C)c1cccc2ccccc12. The highest BCUT2D eigenvalue weighted by Crippen LogP contribution is 2.31. The summed E-state index contributed by atoms with van der Waals surface area (Å²) in [6, 6.07) is 14.1. The monoisotopic (exact) mass is 310 g/mol. The van der Waals surface area contributed by atoms with Gasteiger partial charge in [-0.05, 0) is 17.7 Å². The number of ether oxygens (including phenoxy) is 1. The van der Waals surface area contributed by atoms with Crippen LogP contribution in [-0.2, 0) is 15.1 Å². The molecule has 2 aromatic rings. The van der Waals surface area contributed by atoms with E-state index in [9.17, 15) is 4.79 Å². The van der Waals surface area contributed by atoms with Gasteiger partial charge in [0.25, 0.3) is 0 Å². The molecule has 0 spiro atoms. The zero-order valence-electron chi connectivity index (χ0n) is 13.9. The maximum atomic E-state index is 11.6. The van der Waals surface area contributed by atoms with Crippen LogP contribution in [0, 0.1) is 11.5 Å². The molecule has 0 radical (unpaired) electrons. The molecule has 0 heterocycles. The molecular weight excluding hydrogens is 288 g/mol. The first-order valence-corrected chi connectivity index (χ1v) is 10.9. The molecule has 0 bridgehead atoms. The van der Waals surface area contributed by atoms with E-state index >= 15 is 0 Å². The van der Waals surface area contributed by atoms with E-state index in [2.05, 4.69) is 43.2 Å². The molecule has 0 aliphatic rings. The Morgan fingerprint density at radius 1 is 1.09 bits per heavy atom. The predicted molar refractivity (Wildman–Crippen MR) is 94.2 cm³/mol. The topological polar surface area (TPSA) is 26.3 Å². The Hall–Kier alpha value is -2.05. The molecule has 0 aromatic heterocycles. The van der Waals surface area contributed by atoms with Crippen LogP contribution in [0.4, 0.5) is 0 Å². The lowest BCUT2D eigenvalue weighted by atomic mass is 9.91. The lowest BCUT2D eigenvalue weighted by Gasteiger charge is -2.26. The van der Waals surface area contributed by atoms with Gasteiger partial charge in [0.15, 0.2) is 5.60 Å². The third-order valence-corrected chi connectivity index (χ3v) is 4.20. The molecule has 3 heteroatoms. The van der Waals surface area contributed by atoms with Gasteiger partial charge in [-0.2, -0.15) is 0 Å². The number of carbonyl (C=O) groups is 1. The molecule has 2 rings (SSSR count). The van der Waals surface area contributed by atoms with Crippen molar-refractivity contribution in [2.75, 3.05) is 0 Å². The number of esters is 1. The molecular formula is C19H22O2Si. The van der Waals surface area contributed by atoms with Gasteiger partial charge in [0.2, 0.25) is 0 Å². The van der Waals surface area contributed by atoms with E-state index in [1.807, 2.05) is 37.3 Å². The van der Waals surface area contributed by atoms with Crippen molar-refractivity contribution < 1.29 is 9.53 Å². The fraction of sp³-hybridized carbons (Fsp3) is 0.316. The first-order valence-electron chi connectivity index (χ1n) is 7.43. The van der Waals surface area contributed by atoms with Crippen molar-refractivity contribution in [3.8, 4) is 11.5 Å². The van der Waals surface area contributed by atoms with Crippen LogP contribution >= 0.6 is 0 Å². The van der Waals surface area contributed by atoms with Gasteiger partial charge >= 0.3 is 5.97 Å². The minimum atomic E-state index is -1.57. The molecule has 0 saturated carbocycles. The Bertz CT molecular complexity index is 757. The van der Waals surface area contributed by atoms with Crippen LogP contribution in [0.15, 0.2) is 42.5 Å². The summed E-state index contributed by atoms with van der Waals surface area (Å²) in [6.45, 7) is 9.84. The van der Waals surface area contributed by atoms with Crippen molar-refractivity contribution in [3.05, 3.63) is 48.0 Å². The molecule has 0 saturated heterocycles. The molecule has 0 amide bonds. The number of benzene rings is 2. The van der Waals surface area contributed by atoms with Gasteiger partial charge in [0, 0.05) is 12.5 Å². The molecule has 0 N–H and O–H groups in total. The summed E-state index contributed by atoms with van der Waals surface area (Å²) in [5, 5.41) is 2.19. The van der Waals surface area contributed by atoms with Gasteiger partial charge in [0.1, 0.15) is 8.07 Å². The van der Waals surface area contributed by atoms with E-state index < -0.39 is 13.7 Å². The Labute approximate surface area is 133 Å². The summed E-state index contributed by atoms with van der Waals surface area (Å²) in [5.41, 5.74) is 3.36. The van der Waals surface area contributed by atoms with Crippen molar-refractivity contribution in [1.29, 1.82) is 0 Å². The van der Waals surface area contributed by atoms with Gasteiger partial charge in [-0.1, -0.05) is 68.0 Å². The summed E-state index contributed by atoms with van der Waals surface area (Å²) in [6.07, 6.45) is 0.